The van der Waals surface area contributed by atoms with Crippen molar-refractivity contribution in [3.63, 3.8) is 0 Å². The van der Waals surface area contributed by atoms with Gasteiger partial charge in [0, 0.05) is 19.2 Å². The van der Waals surface area contributed by atoms with Crippen LogP contribution in [0.25, 0.3) is 0 Å². The van der Waals surface area contributed by atoms with Gasteiger partial charge < -0.3 is 20.3 Å². The topological polar surface area (TPSA) is 102 Å². The number of nitrogens with two attached hydrogens (primary N) is 1. The Morgan fingerprint density at radius 1 is 1.40 bits per heavy atom. The fraction of sp³-hybridized carbons (Fsp3) is 0.417. The number of nitrogen functional groups attached to an aromatic ring is 1. The van der Waals surface area contributed by atoms with E-state index in [0.29, 0.717) is 0 Å². The van der Waals surface area contributed by atoms with Gasteiger partial charge in [0.1, 0.15) is 11.4 Å². The Kier molecular flexibility index (Phi) is 4.87. The van der Waals surface area contributed by atoms with Crippen LogP contribution in [0.2, 0.25) is 0 Å². The summed E-state index contributed by atoms with van der Waals surface area (Å²) in [6.45, 7) is 0.139. The van der Waals surface area contributed by atoms with E-state index in [9.17, 15) is 14.9 Å². The first kappa shape index (κ1) is 15.7. The molecule has 110 valence electrons. The van der Waals surface area contributed by atoms with Gasteiger partial charge in [-0.05, 0) is 14.1 Å². The molecule has 0 aliphatic heterocycles. The molecule has 0 spiro atoms. The van der Waals surface area contributed by atoms with Crippen LogP contribution < -0.4 is 15.4 Å². The number of ether oxygens (including phenoxy) is 1. The van der Waals surface area contributed by atoms with Crippen LogP contribution in [-0.2, 0) is 4.79 Å². The highest BCUT2D eigenvalue weighted by atomic mass is 16.6. The van der Waals surface area contributed by atoms with Crippen LogP contribution in [0.4, 0.5) is 17.1 Å². The number of likely N-dealkylation sites (N-methyl/N-ethyl adjacent to an activating group) is 2. The summed E-state index contributed by atoms with van der Waals surface area (Å²) in [4.78, 5) is 25.4. The summed E-state index contributed by atoms with van der Waals surface area (Å²) in [6.07, 6.45) is 0. The minimum absolute atomic E-state index is 0.139. The van der Waals surface area contributed by atoms with Crippen molar-refractivity contribution in [2.75, 3.05) is 45.4 Å². The molecular formula is C12H18N4O4. The normalized spacial score (nSPS) is 10.4. The molecule has 0 aliphatic rings. The second-order valence-electron chi connectivity index (χ2n) is 4.53. The highest BCUT2D eigenvalue weighted by Gasteiger charge is 2.24. The molecule has 0 radical (unpaired) electrons. The molecule has 8 nitrogen and oxygen atoms in total. The Morgan fingerprint density at radius 2 is 2.00 bits per heavy atom. The van der Waals surface area contributed by atoms with Gasteiger partial charge >= 0.3 is 0 Å². The number of hydrogen-bond acceptors (Lipinski definition) is 6. The Morgan fingerprint density at radius 3 is 2.45 bits per heavy atom. The van der Waals surface area contributed by atoms with Crippen molar-refractivity contribution in [2.24, 2.45) is 0 Å². The zero-order valence-corrected chi connectivity index (χ0v) is 11.9. The first-order chi connectivity index (χ1) is 9.27. The highest BCUT2D eigenvalue weighted by molar-refractivity contribution is 5.97. The summed E-state index contributed by atoms with van der Waals surface area (Å²) < 4.78 is 5.04. The summed E-state index contributed by atoms with van der Waals surface area (Å²) in [5.41, 5.74) is 5.71. The van der Waals surface area contributed by atoms with E-state index in [1.54, 1.807) is 19.0 Å². The standard InChI is InChI=1S/C12H18N4O4/c1-14(2)7-12(17)15(3)9-6-11(20-4)8(13)5-10(9)16(18)19/h5-6H,7,13H2,1-4H3. The number of nitro benzene ring substituents is 1. The van der Waals surface area contributed by atoms with Crippen molar-refractivity contribution in [1.82, 2.24) is 4.90 Å². The molecule has 2 N–H and O–H groups in total. The van der Waals surface area contributed by atoms with Crippen molar-refractivity contribution in [3.8, 4) is 5.75 Å². The van der Waals surface area contributed by atoms with Crippen LogP contribution in [0.5, 0.6) is 5.75 Å². The fourth-order valence-corrected chi connectivity index (χ4v) is 1.68. The molecule has 1 rings (SSSR count). The monoisotopic (exact) mass is 282 g/mol. The third kappa shape index (κ3) is 3.35. The van der Waals surface area contributed by atoms with Gasteiger partial charge in [-0.25, -0.2) is 0 Å². The van der Waals surface area contributed by atoms with Gasteiger partial charge in [0.25, 0.3) is 5.69 Å². The molecule has 0 heterocycles. The second-order valence-corrected chi connectivity index (χ2v) is 4.53. The Labute approximate surface area is 116 Å². The molecule has 8 heteroatoms. The molecule has 1 aromatic carbocycles. The summed E-state index contributed by atoms with van der Waals surface area (Å²) in [5, 5.41) is 11.1. The third-order valence-corrected chi connectivity index (χ3v) is 2.71. The van der Waals surface area contributed by atoms with Crippen LogP contribution in [0.3, 0.4) is 0 Å². The average Bonchev–Trinajstić information content (AvgIpc) is 2.36. The van der Waals surface area contributed by atoms with Gasteiger partial charge in [-0.1, -0.05) is 0 Å². The summed E-state index contributed by atoms with van der Waals surface area (Å²) in [7, 11) is 6.36. The SMILES string of the molecule is COc1cc(N(C)C(=O)CN(C)C)c([N+](=O)[O-])cc1N. The van der Waals surface area contributed by atoms with Crippen molar-refractivity contribution in [3.05, 3.63) is 22.2 Å². The van der Waals surface area contributed by atoms with E-state index in [1.807, 2.05) is 0 Å². The number of carbonyl (C=O) groups is 1. The van der Waals surface area contributed by atoms with E-state index in [2.05, 4.69) is 0 Å². The molecule has 0 saturated heterocycles. The van der Waals surface area contributed by atoms with Crippen molar-refractivity contribution < 1.29 is 14.5 Å². The van der Waals surface area contributed by atoms with Crippen LogP contribution in [0.15, 0.2) is 12.1 Å². The number of carbonyl (C=O) groups excluding carboxylic acids is 1. The zero-order chi connectivity index (χ0) is 15.4. The molecule has 0 aromatic heterocycles. The van der Waals surface area contributed by atoms with Crippen LogP contribution in [-0.4, -0.2) is 50.5 Å². The van der Waals surface area contributed by atoms with Gasteiger partial charge in [0.05, 0.1) is 24.3 Å². The predicted molar refractivity (Wildman–Crippen MR) is 76.0 cm³/mol. The first-order valence-electron chi connectivity index (χ1n) is 5.81. The number of nitrogens with zero attached hydrogens (tertiary/aromatic N) is 3. The lowest BCUT2D eigenvalue weighted by Gasteiger charge is -2.20. The number of benzene rings is 1. The Balaban J connectivity index is 3.27. The molecule has 0 atom stereocenters. The Hall–Kier alpha value is -2.35. The number of nitro groups is 1. The summed E-state index contributed by atoms with van der Waals surface area (Å²) in [5.74, 6) is 0.0139. The van der Waals surface area contributed by atoms with E-state index in [1.165, 1.54) is 31.2 Å². The van der Waals surface area contributed by atoms with E-state index < -0.39 is 4.92 Å². The highest BCUT2D eigenvalue weighted by Crippen LogP contribution is 2.36. The van der Waals surface area contributed by atoms with Crippen LogP contribution >= 0.6 is 0 Å². The van der Waals surface area contributed by atoms with Gasteiger partial charge in [-0.15, -0.1) is 0 Å². The molecular weight excluding hydrogens is 264 g/mol. The molecule has 0 saturated carbocycles. The second kappa shape index (κ2) is 6.20. The number of hydrogen-bond donors (Lipinski definition) is 1. The Bertz CT molecular complexity index is 530. The largest absolute Gasteiger partial charge is 0.495 e. The third-order valence-electron chi connectivity index (χ3n) is 2.71. The van der Waals surface area contributed by atoms with Crippen molar-refractivity contribution in [1.29, 1.82) is 0 Å². The number of anilines is 2. The molecule has 0 unspecified atom stereocenters. The number of rotatable bonds is 5. The molecule has 0 bridgehead atoms. The maximum atomic E-state index is 12.0. The number of methoxy groups -OCH3 is 1. The smallest absolute Gasteiger partial charge is 0.295 e. The quantitative estimate of drug-likeness (QED) is 0.485. The van der Waals surface area contributed by atoms with Gasteiger partial charge in [0.15, 0.2) is 0 Å². The first-order valence-corrected chi connectivity index (χ1v) is 5.81. The fourth-order valence-electron chi connectivity index (χ4n) is 1.68. The lowest BCUT2D eigenvalue weighted by atomic mass is 10.2. The van der Waals surface area contributed by atoms with E-state index in [4.69, 9.17) is 10.5 Å². The average molecular weight is 282 g/mol. The van der Waals surface area contributed by atoms with E-state index in [0.717, 1.165) is 0 Å². The minimum Gasteiger partial charge on any atom is -0.495 e. The van der Waals surface area contributed by atoms with E-state index >= 15 is 0 Å². The molecule has 1 aromatic rings. The molecule has 20 heavy (non-hydrogen) atoms. The maximum absolute atomic E-state index is 12.0. The maximum Gasteiger partial charge on any atom is 0.295 e. The lowest BCUT2D eigenvalue weighted by molar-refractivity contribution is -0.384. The van der Waals surface area contributed by atoms with Crippen LogP contribution in [0.1, 0.15) is 0 Å². The van der Waals surface area contributed by atoms with Gasteiger partial charge in [-0.3, -0.25) is 14.9 Å². The van der Waals surface area contributed by atoms with Crippen LogP contribution in [0, 0.1) is 10.1 Å². The predicted octanol–water partition coefficient (Wildman–Crippen LogP) is 0.710. The lowest BCUT2D eigenvalue weighted by Crippen LogP contribution is -2.35. The molecule has 0 fully saturated rings. The van der Waals surface area contributed by atoms with Gasteiger partial charge in [-0.2, -0.15) is 0 Å². The number of amides is 1. The van der Waals surface area contributed by atoms with E-state index in [-0.39, 0.29) is 35.3 Å². The van der Waals surface area contributed by atoms with Crippen molar-refractivity contribution in [2.45, 2.75) is 0 Å². The van der Waals surface area contributed by atoms with Gasteiger partial charge in [0.2, 0.25) is 5.91 Å². The zero-order valence-electron chi connectivity index (χ0n) is 11.9. The summed E-state index contributed by atoms with van der Waals surface area (Å²) >= 11 is 0. The molecule has 0 aliphatic carbocycles. The minimum atomic E-state index is -0.579. The molecule has 1 amide bonds. The summed E-state index contributed by atoms with van der Waals surface area (Å²) in [6, 6.07) is 2.58. The van der Waals surface area contributed by atoms with Crippen molar-refractivity contribution >= 4 is 23.0 Å².